The third-order valence-electron chi connectivity index (χ3n) is 18.9. The molecule has 5 aliphatic carbocycles. The van der Waals surface area contributed by atoms with Crippen LogP contribution >= 0.6 is 22.7 Å². The number of amides is 2. The van der Waals surface area contributed by atoms with E-state index in [1.807, 2.05) is 31.7 Å². The Balaban J connectivity index is 0.000000230. The molecule has 7 fully saturated rings. The summed E-state index contributed by atoms with van der Waals surface area (Å²) < 4.78 is 34.9. The molecule has 2 aliphatic heterocycles. The number of nitrogens with zero attached hydrogens (tertiary/aromatic N) is 2. The van der Waals surface area contributed by atoms with E-state index in [-0.39, 0.29) is 82.1 Å². The van der Waals surface area contributed by atoms with Crippen LogP contribution in [0.1, 0.15) is 233 Å². The van der Waals surface area contributed by atoms with Crippen LogP contribution in [-0.2, 0) is 42.8 Å². The van der Waals surface area contributed by atoms with E-state index >= 15 is 0 Å². The predicted octanol–water partition coefficient (Wildman–Crippen LogP) is 13.4. The van der Waals surface area contributed by atoms with Crippen LogP contribution in [0.3, 0.4) is 0 Å². The van der Waals surface area contributed by atoms with Gasteiger partial charge in [0.2, 0.25) is 11.8 Å². The summed E-state index contributed by atoms with van der Waals surface area (Å²) in [6.45, 7) is 22.0. The standard InChI is InChI=1S/C39H57NO7S.C30H43NO6S/c1-26-7-11-28(12-8-26)35(41)40(33-23-32(17-19-38(3,4)5)48-34(33)37(43)44-6)30-15-20-39(21-16-30,25-46-31-18-22-45-24-31)47-36(42)29-13-9-27(2)10-14-29;1-20-5-7-21(8-6-20)27(32)31(25-17-24(11-13-29(2,3)4)38-26(25)28(33)34)22-9-14-30(35,15-10-22)19-37-23-12-16-36-18-23/h23,26-31H,7-16,18,20-22,24-25H2,1-6H3;17,20-23,35H,5-10,12,14-16,18-19H2,1-4H3,(H,33,34)/t26?,27?,28?,29?,30?,31-,39?;20?,21?,22?,23-,30?/m00/s1. The van der Waals surface area contributed by atoms with Gasteiger partial charge in [0, 0.05) is 48.0 Å². The molecule has 4 heterocycles. The van der Waals surface area contributed by atoms with Crippen LogP contribution in [-0.4, -0.2) is 122 Å². The van der Waals surface area contributed by atoms with E-state index in [4.69, 9.17) is 28.4 Å². The van der Waals surface area contributed by atoms with Crippen molar-refractivity contribution in [2.75, 3.05) is 56.6 Å². The predicted molar refractivity (Wildman–Crippen MR) is 337 cm³/mol. The maximum Gasteiger partial charge on any atom is 0.350 e. The molecule has 2 aromatic rings. The van der Waals surface area contributed by atoms with Gasteiger partial charge in [-0.15, -0.1) is 22.7 Å². The number of methoxy groups -OCH3 is 1. The highest BCUT2D eigenvalue weighted by Gasteiger charge is 2.47. The number of aromatic carboxylic acids is 1. The number of hydrogen-bond donors (Lipinski definition) is 2. The third kappa shape index (κ3) is 18.6. The minimum absolute atomic E-state index is 0.00153. The molecule has 2 N–H and O–H groups in total. The number of carboxylic acid groups (broad SMARTS) is 1. The normalized spacial score (nSPS) is 30.5. The van der Waals surface area contributed by atoms with E-state index in [1.165, 1.54) is 18.4 Å². The highest BCUT2D eigenvalue weighted by Crippen LogP contribution is 2.45. The van der Waals surface area contributed by atoms with Crippen molar-refractivity contribution in [3.05, 3.63) is 31.6 Å². The molecule has 0 radical (unpaired) electrons. The average molecular weight is 1230 g/mol. The number of thiophene rings is 2. The van der Waals surface area contributed by atoms with Gasteiger partial charge in [0.1, 0.15) is 15.4 Å². The first kappa shape index (κ1) is 67.6. The van der Waals surface area contributed by atoms with Crippen molar-refractivity contribution in [3.63, 3.8) is 0 Å². The van der Waals surface area contributed by atoms with Gasteiger partial charge in [0.05, 0.1) is 78.4 Å². The molecule has 2 amide bonds. The molecule has 17 heteroatoms. The maximum atomic E-state index is 14.6. The Kier molecular flexibility index (Phi) is 23.6. The number of rotatable bonds is 16. The third-order valence-corrected chi connectivity index (χ3v) is 21.0. The number of ether oxygens (including phenoxy) is 6. The van der Waals surface area contributed by atoms with Crippen LogP contribution in [0.2, 0.25) is 0 Å². The number of carboxylic acids is 1. The van der Waals surface area contributed by atoms with Crippen LogP contribution in [0, 0.1) is 70.0 Å². The molecule has 5 saturated carbocycles. The largest absolute Gasteiger partial charge is 0.477 e. The van der Waals surface area contributed by atoms with E-state index in [2.05, 4.69) is 65.2 Å². The van der Waals surface area contributed by atoms with Crippen LogP contribution in [0.4, 0.5) is 11.4 Å². The van der Waals surface area contributed by atoms with Crippen molar-refractivity contribution in [2.24, 2.45) is 46.3 Å². The lowest BCUT2D eigenvalue weighted by Crippen LogP contribution is -2.52. The summed E-state index contributed by atoms with van der Waals surface area (Å²) >= 11 is 2.43. The molecule has 2 aromatic heterocycles. The minimum Gasteiger partial charge on any atom is -0.477 e. The SMILES string of the molecule is CC1CCC(C(=O)N(c2cc(C#CC(C)(C)C)sc2C(=O)O)C2CCC(O)(CO[C@H]3CCOC3)CC2)CC1.COC(=O)c1sc(C#CC(C)(C)C)cc1N(C(=O)C1CCC(C)CC1)C1CCC(CO[C@H]2CCOC2)(OC(=O)C2CCC(C)CC2)CC1. The van der Waals surface area contributed by atoms with Gasteiger partial charge >= 0.3 is 17.9 Å². The van der Waals surface area contributed by atoms with Crippen LogP contribution < -0.4 is 9.80 Å². The average Bonchev–Trinajstić information content (AvgIpc) is 1.73. The summed E-state index contributed by atoms with van der Waals surface area (Å²) in [6.07, 6.45) is 17.6. The second-order valence-corrected chi connectivity index (χ2v) is 30.7. The number of carbonyl (C=O) groups excluding carboxylic acids is 4. The fraction of sp³-hybridized carbons (Fsp3) is 0.754. The van der Waals surface area contributed by atoms with Gasteiger partial charge in [-0.05, 0) is 213 Å². The zero-order valence-electron chi connectivity index (χ0n) is 53.3. The number of aliphatic hydroxyl groups is 1. The summed E-state index contributed by atoms with van der Waals surface area (Å²) in [4.78, 5) is 73.4. The van der Waals surface area contributed by atoms with E-state index in [0.29, 0.717) is 123 Å². The first-order valence-electron chi connectivity index (χ1n) is 32.5. The summed E-state index contributed by atoms with van der Waals surface area (Å²) in [7, 11) is 1.38. The maximum absolute atomic E-state index is 14.6. The second kappa shape index (κ2) is 30.0. The molecule has 476 valence electrons. The van der Waals surface area contributed by atoms with E-state index in [9.17, 15) is 34.2 Å². The summed E-state index contributed by atoms with van der Waals surface area (Å²) in [5.74, 6) is 12.9. The first-order chi connectivity index (χ1) is 40.8. The molecule has 9 rings (SSSR count). The van der Waals surface area contributed by atoms with Gasteiger partial charge in [-0.3, -0.25) is 14.4 Å². The summed E-state index contributed by atoms with van der Waals surface area (Å²) in [5.41, 5.74) is -1.07. The van der Waals surface area contributed by atoms with Crippen LogP contribution in [0.15, 0.2) is 12.1 Å². The molecule has 86 heavy (non-hydrogen) atoms. The molecule has 7 aliphatic rings. The highest BCUT2D eigenvalue weighted by atomic mass is 32.1. The van der Waals surface area contributed by atoms with Gasteiger partial charge in [-0.1, -0.05) is 44.5 Å². The lowest BCUT2D eigenvalue weighted by molar-refractivity contribution is -0.181. The zero-order valence-corrected chi connectivity index (χ0v) is 55.0. The van der Waals surface area contributed by atoms with Gasteiger partial charge in [-0.25, -0.2) is 9.59 Å². The molecule has 2 atom stereocenters. The summed E-state index contributed by atoms with van der Waals surface area (Å²) in [5, 5.41) is 21.3. The number of hydrogen-bond acceptors (Lipinski definition) is 14. The zero-order chi connectivity index (χ0) is 62.0. The van der Waals surface area contributed by atoms with Crippen LogP contribution in [0.5, 0.6) is 0 Å². The smallest absolute Gasteiger partial charge is 0.350 e. The summed E-state index contributed by atoms with van der Waals surface area (Å²) in [6, 6.07) is 3.37. The van der Waals surface area contributed by atoms with Crippen molar-refractivity contribution in [3.8, 4) is 23.7 Å². The van der Waals surface area contributed by atoms with E-state index in [1.54, 1.807) is 11.0 Å². The van der Waals surface area contributed by atoms with Crippen LogP contribution in [0.25, 0.3) is 0 Å². The molecular formula is C69H100N2O13S2. The van der Waals surface area contributed by atoms with Crippen molar-refractivity contribution < 1.29 is 62.6 Å². The Hall–Kier alpha value is -4.33. The lowest BCUT2D eigenvalue weighted by Gasteiger charge is -2.44. The molecule has 15 nitrogen and oxygen atoms in total. The quantitative estimate of drug-likeness (QED) is 0.119. The van der Waals surface area contributed by atoms with Crippen molar-refractivity contribution in [1.82, 2.24) is 0 Å². The topological polar surface area (TPSA) is 188 Å². The minimum atomic E-state index is -1.04. The molecule has 0 spiro atoms. The second-order valence-electron chi connectivity index (χ2n) is 28.6. The number of carbonyl (C=O) groups is 5. The molecule has 0 aromatic carbocycles. The van der Waals surface area contributed by atoms with Gasteiger partial charge in [0.25, 0.3) is 0 Å². The van der Waals surface area contributed by atoms with Crippen molar-refractivity contribution >= 4 is 63.8 Å². The van der Waals surface area contributed by atoms with Gasteiger partial charge in [-0.2, -0.15) is 0 Å². The lowest BCUT2D eigenvalue weighted by atomic mass is 9.79. The Morgan fingerprint density at radius 2 is 0.988 bits per heavy atom. The Bertz CT molecular complexity index is 2730. The van der Waals surface area contributed by atoms with E-state index in [0.717, 1.165) is 106 Å². The van der Waals surface area contributed by atoms with Gasteiger partial charge < -0.3 is 48.4 Å². The number of esters is 2. The fourth-order valence-corrected chi connectivity index (χ4v) is 15.1. The molecular weight excluding hydrogens is 1130 g/mol. The molecule has 0 unspecified atom stereocenters. The Morgan fingerprint density at radius 3 is 1.40 bits per heavy atom. The molecule has 2 saturated heterocycles. The Morgan fingerprint density at radius 1 is 0.581 bits per heavy atom. The monoisotopic (exact) mass is 1230 g/mol. The fourth-order valence-electron chi connectivity index (χ4n) is 13.4. The Labute approximate surface area is 521 Å². The van der Waals surface area contributed by atoms with E-state index < -0.39 is 23.1 Å². The first-order valence-corrected chi connectivity index (χ1v) is 34.1. The van der Waals surface area contributed by atoms with Crippen molar-refractivity contribution in [1.29, 1.82) is 0 Å². The molecule has 0 bridgehead atoms. The van der Waals surface area contributed by atoms with Crippen molar-refractivity contribution in [2.45, 2.75) is 239 Å². The highest BCUT2D eigenvalue weighted by molar-refractivity contribution is 7.15. The van der Waals surface area contributed by atoms with Gasteiger partial charge in [0.15, 0.2) is 0 Å². The number of anilines is 2.